The van der Waals surface area contributed by atoms with Gasteiger partial charge in [-0.25, -0.2) is 4.79 Å². The zero-order chi connectivity index (χ0) is 28.2. The molecule has 1 saturated heterocycles. The summed E-state index contributed by atoms with van der Waals surface area (Å²) in [5.74, 6) is 7.73. The number of nitrogens with zero attached hydrogens (tertiary/aromatic N) is 2. The number of fused-ring (bicyclic) bond motifs is 1. The zero-order valence-electron chi connectivity index (χ0n) is 24.3. The highest BCUT2D eigenvalue weighted by Gasteiger charge is 2.43. The van der Waals surface area contributed by atoms with Crippen molar-refractivity contribution >= 4 is 26.1 Å². The average molecular weight is 557 g/mol. The monoisotopic (exact) mass is 556 g/mol. The molecule has 1 saturated carbocycles. The first-order valence-electron chi connectivity index (χ1n) is 14.2. The summed E-state index contributed by atoms with van der Waals surface area (Å²) in [5, 5.41) is 14.8. The van der Waals surface area contributed by atoms with Crippen LogP contribution in [-0.4, -0.2) is 63.7 Å². The van der Waals surface area contributed by atoms with E-state index < -0.39 is 15.1 Å². The molecule has 214 valence electrons. The molecule has 2 aliphatic rings. The van der Waals surface area contributed by atoms with E-state index in [9.17, 15) is 9.90 Å². The molecule has 2 aromatic rings. The first kappa shape index (κ1) is 29.4. The molecule has 9 heteroatoms. The standard InChI is InChI=1S/C30H44N2O6Si/c1-29(2,3)27(38-39(5)6)25-24(36-20-30(15-16-30)14-7-19-35-4)11-9-22-23(31-37-26(22)25)10-8-21-12-17-32(18-13-21)28(33)34/h9,11,21,27,39H,8,10,12-13,15-20H2,1-6H3,(H,33,34). The van der Waals surface area contributed by atoms with Crippen LogP contribution in [0.15, 0.2) is 16.7 Å². The Morgan fingerprint density at radius 1 is 1.28 bits per heavy atom. The van der Waals surface area contributed by atoms with Crippen molar-refractivity contribution in [1.29, 1.82) is 0 Å². The third kappa shape index (κ3) is 7.36. The van der Waals surface area contributed by atoms with Gasteiger partial charge in [0.05, 0.1) is 22.8 Å². The molecule has 1 unspecified atom stereocenters. The lowest BCUT2D eigenvalue weighted by molar-refractivity contribution is 0.0828. The number of aryl methyl sites for hydroxylation is 1. The van der Waals surface area contributed by atoms with Crippen molar-refractivity contribution in [3.8, 4) is 17.6 Å². The van der Waals surface area contributed by atoms with E-state index >= 15 is 0 Å². The number of carboxylic acid groups (broad SMARTS) is 1. The fourth-order valence-electron chi connectivity index (χ4n) is 5.31. The predicted molar refractivity (Wildman–Crippen MR) is 154 cm³/mol. The minimum atomic E-state index is -1.40. The number of carbonyl (C=O) groups is 1. The van der Waals surface area contributed by atoms with Crippen LogP contribution in [0.3, 0.4) is 0 Å². The van der Waals surface area contributed by atoms with Gasteiger partial charge >= 0.3 is 6.09 Å². The highest BCUT2D eigenvalue weighted by Crippen LogP contribution is 2.48. The van der Waals surface area contributed by atoms with Gasteiger partial charge in [0.25, 0.3) is 0 Å². The Balaban J connectivity index is 1.60. The quantitative estimate of drug-likeness (QED) is 0.281. The minimum absolute atomic E-state index is 0.113. The molecule has 1 aromatic heterocycles. The SMILES string of the molecule is COCC#CC1(COc2ccc3c(CCC4CCN(C(=O)O)CC4)noc3c2C(O[SiH](C)C)C(C)(C)C)CC1. The Kier molecular flexibility index (Phi) is 9.30. The molecule has 4 rings (SSSR count). The fourth-order valence-corrected chi connectivity index (χ4v) is 6.40. The molecule has 1 aromatic carbocycles. The Labute approximate surface area is 234 Å². The van der Waals surface area contributed by atoms with Crippen molar-refractivity contribution in [2.24, 2.45) is 16.7 Å². The topological polar surface area (TPSA) is 94.3 Å². The zero-order valence-corrected chi connectivity index (χ0v) is 25.5. The van der Waals surface area contributed by atoms with Crippen LogP contribution >= 0.6 is 0 Å². The summed E-state index contributed by atoms with van der Waals surface area (Å²) < 4.78 is 24.3. The minimum Gasteiger partial charge on any atom is -0.491 e. The van der Waals surface area contributed by atoms with Gasteiger partial charge in [0.15, 0.2) is 14.6 Å². The third-order valence-corrected chi connectivity index (χ3v) is 8.59. The Bertz CT molecular complexity index is 1200. The number of methoxy groups -OCH3 is 1. The Morgan fingerprint density at radius 3 is 2.59 bits per heavy atom. The van der Waals surface area contributed by atoms with Gasteiger partial charge in [0, 0.05) is 25.6 Å². The third-order valence-electron chi connectivity index (χ3n) is 7.77. The number of benzene rings is 1. The van der Waals surface area contributed by atoms with Crippen molar-refractivity contribution in [1.82, 2.24) is 10.1 Å². The van der Waals surface area contributed by atoms with E-state index in [1.807, 2.05) is 6.07 Å². The van der Waals surface area contributed by atoms with Crippen molar-refractivity contribution in [2.75, 3.05) is 33.4 Å². The molecule has 2 fully saturated rings. The van der Waals surface area contributed by atoms with Gasteiger partial charge in [-0.1, -0.05) is 37.8 Å². The largest absolute Gasteiger partial charge is 0.491 e. The molecule has 2 heterocycles. The molecule has 39 heavy (non-hydrogen) atoms. The molecule has 1 atom stereocenters. The maximum absolute atomic E-state index is 11.2. The molecule has 0 spiro atoms. The van der Waals surface area contributed by atoms with E-state index in [4.69, 9.17) is 18.4 Å². The molecule has 1 amide bonds. The summed E-state index contributed by atoms with van der Waals surface area (Å²) in [6.07, 6.45) is 4.56. The van der Waals surface area contributed by atoms with Crippen molar-refractivity contribution in [3.63, 3.8) is 0 Å². The van der Waals surface area contributed by atoms with E-state index in [1.54, 1.807) is 7.11 Å². The van der Waals surface area contributed by atoms with Crippen molar-refractivity contribution in [2.45, 2.75) is 78.5 Å². The van der Waals surface area contributed by atoms with Gasteiger partial charge < -0.3 is 28.4 Å². The maximum Gasteiger partial charge on any atom is 0.407 e. The van der Waals surface area contributed by atoms with Gasteiger partial charge in [-0.15, -0.1) is 0 Å². The lowest BCUT2D eigenvalue weighted by Gasteiger charge is -2.34. The lowest BCUT2D eigenvalue weighted by Crippen LogP contribution is -2.37. The van der Waals surface area contributed by atoms with Gasteiger partial charge in [0.1, 0.15) is 19.0 Å². The van der Waals surface area contributed by atoms with Crippen LogP contribution < -0.4 is 4.74 Å². The fraction of sp³-hybridized carbons (Fsp3) is 0.667. The number of amides is 1. The molecule has 0 bridgehead atoms. The second-order valence-corrected chi connectivity index (χ2v) is 14.8. The summed E-state index contributed by atoms with van der Waals surface area (Å²) in [6.45, 7) is 13.1. The number of hydrogen-bond acceptors (Lipinski definition) is 6. The molecule has 1 N–H and O–H groups in total. The van der Waals surface area contributed by atoms with Crippen LogP contribution in [0.2, 0.25) is 13.1 Å². The van der Waals surface area contributed by atoms with Gasteiger partial charge in [-0.2, -0.15) is 0 Å². The first-order chi connectivity index (χ1) is 18.5. The number of ether oxygens (including phenoxy) is 2. The van der Waals surface area contributed by atoms with Crippen LogP contribution in [0.5, 0.6) is 5.75 Å². The molecular weight excluding hydrogens is 512 g/mol. The van der Waals surface area contributed by atoms with Crippen LogP contribution in [-0.2, 0) is 15.6 Å². The van der Waals surface area contributed by atoms with E-state index in [1.165, 1.54) is 4.90 Å². The van der Waals surface area contributed by atoms with Crippen LogP contribution in [0.25, 0.3) is 11.0 Å². The second-order valence-electron chi connectivity index (χ2n) is 12.5. The van der Waals surface area contributed by atoms with Crippen molar-refractivity contribution < 1.29 is 28.3 Å². The van der Waals surface area contributed by atoms with Crippen LogP contribution in [0.1, 0.15) is 70.2 Å². The highest BCUT2D eigenvalue weighted by atomic mass is 28.3. The number of rotatable bonds is 10. The van der Waals surface area contributed by atoms with Gasteiger partial charge in [-0.05, 0) is 75.1 Å². The number of hydrogen-bond donors (Lipinski definition) is 1. The molecule has 1 aliphatic carbocycles. The maximum atomic E-state index is 11.2. The molecule has 1 aliphatic heterocycles. The molecule has 0 radical (unpaired) electrons. The number of likely N-dealkylation sites (tertiary alicyclic amines) is 1. The smallest absolute Gasteiger partial charge is 0.407 e. The normalized spacial score (nSPS) is 18.2. The Hall–Kier alpha value is -2.54. The van der Waals surface area contributed by atoms with E-state index in [0.29, 0.717) is 32.2 Å². The first-order valence-corrected chi connectivity index (χ1v) is 17.0. The van der Waals surface area contributed by atoms with Crippen LogP contribution in [0, 0.1) is 28.6 Å². The molecular formula is C30H44N2O6Si. The number of piperidine rings is 1. The highest BCUT2D eigenvalue weighted by molar-refractivity contribution is 6.48. The second kappa shape index (κ2) is 12.3. The van der Waals surface area contributed by atoms with E-state index in [2.05, 4.69) is 56.9 Å². The van der Waals surface area contributed by atoms with E-state index in [-0.39, 0.29) is 16.9 Å². The lowest BCUT2D eigenvalue weighted by atomic mass is 9.83. The van der Waals surface area contributed by atoms with Crippen molar-refractivity contribution in [3.05, 3.63) is 23.4 Å². The summed E-state index contributed by atoms with van der Waals surface area (Å²) in [6, 6.07) is 4.11. The summed E-state index contributed by atoms with van der Waals surface area (Å²) in [5.41, 5.74) is 2.34. The summed E-state index contributed by atoms with van der Waals surface area (Å²) in [4.78, 5) is 12.8. The summed E-state index contributed by atoms with van der Waals surface area (Å²) in [7, 11) is 0.260. The average Bonchev–Trinajstić information content (AvgIpc) is 3.53. The Morgan fingerprint density at radius 2 is 2.00 bits per heavy atom. The van der Waals surface area contributed by atoms with E-state index in [0.717, 1.165) is 66.5 Å². The predicted octanol–water partition coefficient (Wildman–Crippen LogP) is 6.05. The van der Waals surface area contributed by atoms with Gasteiger partial charge in [0.2, 0.25) is 0 Å². The number of aromatic nitrogens is 1. The molecule has 8 nitrogen and oxygen atoms in total. The van der Waals surface area contributed by atoms with Crippen LogP contribution in [0.4, 0.5) is 4.79 Å². The summed E-state index contributed by atoms with van der Waals surface area (Å²) >= 11 is 0. The van der Waals surface area contributed by atoms with Gasteiger partial charge in [-0.3, -0.25) is 0 Å².